The maximum absolute atomic E-state index is 13.4. The van der Waals surface area contributed by atoms with Gasteiger partial charge in [-0.3, -0.25) is 9.36 Å². The van der Waals surface area contributed by atoms with E-state index in [9.17, 15) is 4.79 Å². The molecular weight excluding hydrogens is 386 g/mol. The second-order valence-corrected chi connectivity index (χ2v) is 7.49. The van der Waals surface area contributed by atoms with Crippen molar-refractivity contribution in [2.24, 2.45) is 0 Å². The Hall–Kier alpha value is -3.06. The zero-order valence-electron chi connectivity index (χ0n) is 16.5. The summed E-state index contributed by atoms with van der Waals surface area (Å²) in [4.78, 5) is 18.2. The van der Waals surface area contributed by atoms with Gasteiger partial charge in [0.15, 0.2) is 5.16 Å². The average Bonchev–Trinajstić information content (AvgIpc) is 3.05. The minimum Gasteiger partial charge on any atom is -0.492 e. The van der Waals surface area contributed by atoms with Gasteiger partial charge in [-0.05, 0) is 45.0 Å². The molecule has 0 aliphatic heterocycles. The third-order valence-corrected chi connectivity index (χ3v) is 5.64. The topological polar surface area (TPSA) is 70.2 Å². The molecule has 0 amide bonds. The molecule has 0 unspecified atom stereocenters. The highest BCUT2D eigenvalue weighted by Gasteiger charge is 2.18. The van der Waals surface area contributed by atoms with Crippen LogP contribution < -0.4 is 10.3 Å². The van der Waals surface area contributed by atoms with Crippen molar-refractivity contribution < 1.29 is 9.26 Å². The molecule has 0 aliphatic carbocycles. The molecule has 7 heteroatoms. The number of ether oxygens (including phenoxy) is 1. The van der Waals surface area contributed by atoms with E-state index in [-0.39, 0.29) is 5.56 Å². The Labute approximate surface area is 172 Å². The van der Waals surface area contributed by atoms with Crippen LogP contribution in [0.3, 0.4) is 0 Å². The third-order valence-electron chi connectivity index (χ3n) is 4.68. The molecular formula is C22H21N3O3S. The van der Waals surface area contributed by atoms with E-state index in [0.717, 1.165) is 17.0 Å². The first-order valence-electron chi connectivity index (χ1n) is 9.38. The lowest BCUT2D eigenvalue weighted by atomic mass is 10.2. The highest BCUT2D eigenvalue weighted by molar-refractivity contribution is 7.98. The van der Waals surface area contributed by atoms with Crippen molar-refractivity contribution in [1.29, 1.82) is 0 Å². The van der Waals surface area contributed by atoms with Gasteiger partial charge in [0.2, 0.25) is 0 Å². The molecule has 2 heterocycles. The number of para-hydroxylation sites is 3. The second kappa shape index (κ2) is 8.13. The van der Waals surface area contributed by atoms with E-state index >= 15 is 0 Å². The summed E-state index contributed by atoms with van der Waals surface area (Å²) in [6, 6.07) is 14.9. The number of thioether (sulfide) groups is 1. The summed E-state index contributed by atoms with van der Waals surface area (Å²) in [5, 5.41) is 5.19. The first-order chi connectivity index (χ1) is 14.1. The van der Waals surface area contributed by atoms with Gasteiger partial charge in [0.1, 0.15) is 11.5 Å². The summed E-state index contributed by atoms with van der Waals surface area (Å²) < 4.78 is 12.7. The molecule has 0 N–H and O–H groups in total. The predicted molar refractivity (Wildman–Crippen MR) is 114 cm³/mol. The summed E-state index contributed by atoms with van der Waals surface area (Å²) in [6.45, 7) is 6.23. The van der Waals surface area contributed by atoms with Gasteiger partial charge >= 0.3 is 0 Å². The molecule has 0 saturated heterocycles. The van der Waals surface area contributed by atoms with E-state index < -0.39 is 0 Å². The molecule has 4 rings (SSSR count). The Morgan fingerprint density at radius 3 is 2.62 bits per heavy atom. The highest BCUT2D eigenvalue weighted by Crippen LogP contribution is 2.30. The molecule has 0 bridgehead atoms. The largest absolute Gasteiger partial charge is 0.492 e. The SMILES string of the molecule is CCOc1ccccc1-n1c(SCc2c(C)noc2C)nc2ccccc2c1=O. The summed E-state index contributed by atoms with van der Waals surface area (Å²) in [7, 11) is 0. The van der Waals surface area contributed by atoms with E-state index in [1.807, 2.05) is 63.2 Å². The number of aromatic nitrogens is 3. The maximum atomic E-state index is 13.4. The molecule has 0 fully saturated rings. The number of aryl methyl sites for hydroxylation is 2. The molecule has 0 aliphatic rings. The number of fused-ring (bicyclic) bond motifs is 1. The van der Waals surface area contributed by atoms with Crippen LogP contribution in [0.5, 0.6) is 5.75 Å². The van der Waals surface area contributed by atoms with Gasteiger partial charge in [-0.15, -0.1) is 0 Å². The number of hydrogen-bond acceptors (Lipinski definition) is 6. The van der Waals surface area contributed by atoms with Crippen LogP contribution in [0.1, 0.15) is 23.9 Å². The quantitative estimate of drug-likeness (QED) is 0.341. The van der Waals surface area contributed by atoms with Crippen LogP contribution in [0, 0.1) is 13.8 Å². The lowest BCUT2D eigenvalue weighted by Crippen LogP contribution is -2.22. The first-order valence-corrected chi connectivity index (χ1v) is 10.4. The zero-order valence-corrected chi connectivity index (χ0v) is 17.3. The average molecular weight is 407 g/mol. The molecule has 4 aromatic rings. The minimum absolute atomic E-state index is 0.121. The van der Waals surface area contributed by atoms with Crippen molar-refractivity contribution in [3.63, 3.8) is 0 Å². The number of nitrogens with zero attached hydrogens (tertiary/aromatic N) is 3. The molecule has 0 saturated carbocycles. The molecule has 29 heavy (non-hydrogen) atoms. The predicted octanol–water partition coefficient (Wildman–Crippen LogP) is 4.68. The Kier molecular flexibility index (Phi) is 5.40. The smallest absolute Gasteiger partial charge is 0.266 e. The zero-order chi connectivity index (χ0) is 20.4. The number of benzene rings is 2. The van der Waals surface area contributed by atoms with Crippen molar-refractivity contribution >= 4 is 22.7 Å². The van der Waals surface area contributed by atoms with Crippen LogP contribution in [0.4, 0.5) is 0 Å². The van der Waals surface area contributed by atoms with E-state index in [1.54, 1.807) is 10.6 Å². The highest BCUT2D eigenvalue weighted by atomic mass is 32.2. The summed E-state index contributed by atoms with van der Waals surface area (Å²) in [5.41, 5.74) is 3.09. The monoisotopic (exact) mass is 407 g/mol. The van der Waals surface area contributed by atoms with Gasteiger partial charge in [0.25, 0.3) is 5.56 Å². The Balaban J connectivity index is 1.89. The standard InChI is InChI=1S/C22H21N3O3S/c1-4-27-20-12-8-7-11-19(20)25-21(26)16-9-5-6-10-18(16)23-22(25)29-13-17-14(2)24-28-15(17)3/h5-12H,4,13H2,1-3H3. The van der Waals surface area contributed by atoms with Gasteiger partial charge in [-0.25, -0.2) is 4.98 Å². The Morgan fingerprint density at radius 1 is 1.10 bits per heavy atom. The van der Waals surface area contributed by atoms with Crippen molar-refractivity contribution in [1.82, 2.24) is 14.7 Å². The van der Waals surface area contributed by atoms with Crippen molar-refractivity contribution in [2.75, 3.05) is 6.61 Å². The van der Waals surface area contributed by atoms with Crippen LogP contribution >= 0.6 is 11.8 Å². The Morgan fingerprint density at radius 2 is 1.86 bits per heavy atom. The fourth-order valence-electron chi connectivity index (χ4n) is 3.19. The fraction of sp³-hybridized carbons (Fsp3) is 0.227. The maximum Gasteiger partial charge on any atom is 0.266 e. The molecule has 0 atom stereocenters. The molecule has 0 spiro atoms. The van der Waals surface area contributed by atoms with Crippen molar-refractivity contribution in [3.05, 3.63) is 75.9 Å². The lowest BCUT2D eigenvalue weighted by molar-refractivity contribution is 0.338. The summed E-state index contributed by atoms with van der Waals surface area (Å²) in [6.07, 6.45) is 0. The first kappa shape index (κ1) is 19.3. The van der Waals surface area contributed by atoms with E-state index in [2.05, 4.69) is 5.16 Å². The normalized spacial score (nSPS) is 11.1. The van der Waals surface area contributed by atoms with Crippen LogP contribution in [-0.4, -0.2) is 21.3 Å². The van der Waals surface area contributed by atoms with Crippen LogP contribution in [0.15, 0.2) is 63.0 Å². The van der Waals surface area contributed by atoms with E-state index in [0.29, 0.717) is 39.9 Å². The van der Waals surface area contributed by atoms with Crippen molar-refractivity contribution in [2.45, 2.75) is 31.7 Å². The van der Waals surface area contributed by atoms with Gasteiger partial charge < -0.3 is 9.26 Å². The van der Waals surface area contributed by atoms with Gasteiger partial charge in [-0.2, -0.15) is 0 Å². The van der Waals surface area contributed by atoms with Crippen LogP contribution in [-0.2, 0) is 5.75 Å². The van der Waals surface area contributed by atoms with Gasteiger partial charge in [0, 0.05) is 11.3 Å². The van der Waals surface area contributed by atoms with E-state index in [4.69, 9.17) is 14.2 Å². The minimum atomic E-state index is -0.121. The van der Waals surface area contributed by atoms with Crippen LogP contribution in [0.2, 0.25) is 0 Å². The molecule has 6 nitrogen and oxygen atoms in total. The summed E-state index contributed by atoms with van der Waals surface area (Å²) >= 11 is 1.48. The molecule has 148 valence electrons. The third kappa shape index (κ3) is 3.65. The molecule has 0 radical (unpaired) electrons. The van der Waals surface area contributed by atoms with Crippen LogP contribution in [0.25, 0.3) is 16.6 Å². The number of hydrogen-bond donors (Lipinski definition) is 0. The fourth-order valence-corrected chi connectivity index (χ4v) is 4.34. The summed E-state index contributed by atoms with van der Waals surface area (Å²) in [5.74, 6) is 2.02. The van der Waals surface area contributed by atoms with Gasteiger partial charge in [-0.1, -0.05) is 41.2 Å². The molecule has 2 aromatic heterocycles. The molecule has 2 aromatic carbocycles. The van der Waals surface area contributed by atoms with E-state index in [1.165, 1.54) is 11.8 Å². The number of rotatable bonds is 6. The van der Waals surface area contributed by atoms with Crippen molar-refractivity contribution in [3.8, 4) is 11.4 Å². The Bertz CT molecular complexity index is 1210. The second-order valence-electron chi connectivity index (χ2n) is 6.54. The van der Waals surface area contributed by atoms with Gasteiger partial charge in [0.05, 0.1) is 28.9 Å². The lowest BCUT2D eigenvalue weighted by Gasteiger charge is -2.16.